The van der Waals surface area contributed by atoms with E-state index in [1.165, 1.54) is 6.07 Å². The number of benzene rings is 1. The number of hydrogen-bond donors (Lipinski definition) is 1. The second-order valence-corrected chi connectivity index (χ2v) is 5.13. The van der Waals surface area contributed by atoms with Gasteiger partial charge in [-0.3, -0.25) is 0 Å². The molecule has 1 aliphatic carbocycles. The maximum Gasteiger partial charge on any atom is 0.416 e. The van der Waals surface area contributed by atoms with Crippen molar-refractivity contribution in [1.29, 1.82) is 0 Å². The molecule has 2 atom stereocenters. The summed E-state index contributed by atoms with van der Waals surface area (Å²) in [6, 6.07) is 5.08. The number of alkyl halides is 3. The normalized spacial score (nSPS) is 28.6. The summed E-state index contributed by atoms with van der Waals surface area (Å²) in [5.74, 6) is 0.407. The highest BCUT2D eigenvalue weighted by Crippen LogP contribution is 2.44. The fraction of sp³-hybridized carbons (Fsp3) is 0.571. The first-order valence-corrected chi connectivity index (χ1v) is 6.25. The molecule has 1 fully saturated rings. The topological polar surface area (TPSA) is 20.2 Å². The molecule has 2 rings (SSSR count). The summed E-state index contributed by atoms with van der Waals surface area (Å²) in [7, 11) is 0. The van der Waals surface area contributed by atoms with E-state index in [9.17, 15) is 18.3 Å². The molecule has 0 bridgehead atoms. The van der Waals surface area contributed by atoms with Gasteiger partial charge in [-0.1, -0.05) is 25.5 Å². The lowest BCUT2D eigenvalue weighted by atomic mass is 9.89. The SMILES string of the molecule is CCC1CCC(O)(c2cccc(C(F)(F)F)c2)C1. The first kappa shape index (κ1) is 13.4. The van der Waals surface area contributed by atoms with Gasteiger partial charge in [-0.25, -0.2) is 0 Å². The van der Waals surface area contributed by atoms with Crippen LogP contribution in [-0.4, -0.2) is 5.11 Å². The number of aliphatic hydroxyl groups is 1. The summed E-state index contributed by atoms with van der Waals surface area (Å²) in [4.78, 5) is 0. The minimum absolute atomic E-state index is 0.397. The average Bonchev–Trinajstić information content (AvgIpc) is 2.72. The summed E-state index contributed by atoms with van der Waals surface area (Å²) in [6.07, 6.45) is -1.41. The number of rotatable bonds is 2. The summed E-state index contributed by atoms with van der Waals surface area (Å²) in [6.45, 7) is 2.04. The van der Waals surface area contributed by atoms with E-state index in [2.05, 4.69) is 0 Å². The zero-order valence-electron chi connectivity index (χ0n) is 10.3. The molecule has 1 aromatic rings. The Kier molecular flexibility index (Phi) is 3.41. The van der Waals surface area contributed by atoms with E-state index in [0.29, 0.717) is 24.3 Å². The van der Waals surface area contributed by atoms with Gasteiger partial charge in [-0.2, -0.15) is 13.2 Å². The van der Waals surface area contributed by atoms with Crippen molar-refractivity contribution in [1.82, 2.24) is 0 Å². The van der Waals surface area contributed by atoms with Gasteiger partial charge in [0.15, 0.2) is 0 Å². The van der Waals surface area contributed by atoms with E-state index in [4.69, 9.17) is 0 Å². The van der Waals surface area contributed by atoms with Crippen molar-refractivity contribution < 1.29 is 18.3 Å². The Labute approximate surface area is 105 Å². The highest BCUT2D eigenvalue weighted by molar-refractivity contribution is 5.30. The van der Waals surface area contributed by atoms with E-state index in [-0.39, 0.29) is 0 Å². The summed E-state index contributed by atoms with van der Waals surface area (Å²) in [5.41, 5.74) is -1.37. The van der Waals surface area contributed by atoms with Gasteiger partial charge in [0.1, 0.15) is 0 Å². The van der Waals surface area contributed by atoms with Gasteiger partial charge in [0, 0.05) is 0 Å². The lowest BCUT2D eigenvalue weighted by Crippen LogP contribution is -2.22. The zero-order chi connectivity index (χ0) is 13.4. The van der Waals surface area contributed by atoms with Crippen LogP contribution in [0.15, 0.2) is 24.3 Å². The van der Waals surface area contributed by atoms with Gasteiger partial charge >= 0.3 is 6.18 Å². The fourth-order valence-corrected chi connectivity index (χ4v) is 2.72. The van der Waals surface area contributed by atoms with Crippen LogP contribution in [-0.2, 0) is 11.8 Å². The van der Waals surface area contributed by atoms with Crippen LogP contribution in [0.2, 0.25) is 0 Å². The number of halogens is 3. The van der Waals surface area contributed by atoms with Gasteiger partial charge in [-0.15, -0.1) is 0 Å². The Morgan fingerprint density at radius 3 is 2.67 bits per heavy atom. The minimum atomic E-state index is -4.35. The standard InChI is InChI=1S/C14H17F3O/c1-2-10-6-7-13(18,9-10)11-4-3-5-12(8-11)14(15,16)17/h3-5,8,10,18H,2,6-7,9H2,1H3. The fourth-order valence-electron chi connectivity index (χ4n) is 2.72. The van der Waals surface area contributed by atoms with Crippen LogP contribution in [0.25, 0.3) is 0 Å². The molecule has 1 nitrogen and oxygen atoms in total. The van der Waals surface area contributed by atoms with Gasteiger partial charge in [0.2, 0.25) is 0 Å². The quantitative estimate of drug-likeness (QED) is 0.846. The van der Waals surface area contributed by atoms with Crippen molar-refractivity contribution >= 4 is 0 Å². The highest BCUT2D eigenvalue weighted by Gasteiger charge is 2.39. The Bertz CT molecular complexity index is 427. The van der Waals surface area contributed by atoms with Crippen molar-refractivity contribution in [2.45, 2.75) is 44.4 Å². The molecular formula is C14H17F3O. The molecule has 0 spiro atoms. The Morgan fingerprint density at radius 2 is 2.11 bits per heavy atom. The Morgan fingerprint density at radius 1 is 1.39 bits per heavy atom. The van der Waals surface area contributed by atoms with Gasteiger partial charge in [0.05, 0.1) is 11.2 Å². The van der Waals surface area contributed by atoms with Crippen LogP contribution in [0.1, 0.15) is 43.7 Å². The van der Waals surface area contributed by atoms with Crippen molar-refractivity contribution in [2.75, 3.05) is 0 Å². The molecule has 0 aliphatic heterocycles. The smallest absolute Gasteiger partial charge is 0.385 e. The number of hydrogen-bond acceptors (Lipinski definition) is 1. The Hall–Kier alpha value is -1.03. The van der Waals surface area contributed by atoms with E-state index >= 15 is 0 Å². The van der Waals surface area contributed by atoms with Gasteiger partial charge in [-0.05, 0) is 42.9 Å². The molecule has 0 radical (unpaired) electrons. The maximum atomic E-state index is 12.6. The first-order chi connectivity index (χ1) is 8.35. The highest BCUT2D eigenvalue weighted by atomic mass is 19.4. The van der Waals surface area contributed by atoms with Crippen LogP contribution in [0, 0.1) is 5.92 Å². The van der Waals surface area contributed by atoms with Crippen molar-refractivity contribution in [3.63, 3.8) is 0 Å². The molecule has 100 valence electrons. The third-order valence-corrected chi connectivity index (χ3v) is 3.90. The van der Waals surface area contributed by atoms with Crippen LogP contribution < -0.4 is 0 Å². The molecule has 0 heterocycles. The summed E-state index contributed by atoms with van der Waals surface area (Å²) < 4.78 is 37.9. The van der Waals surface area contributed by atoms with Gasteiger partial charge < -0.3 is 5.11 Å². The van der Waals surface area contributed by atoms with E-state index in [1.807, 2.05) is 6.92 Å². The third kappa shape index (κ3) is 2.53. The molecule has 2 unspecified atom stereocenters. The Balaban J connectivity index is 2.29. The minimum Gasteiger partial charge on any atom is -0.385 e. The molecule has 1 aromatic carbocycles. The molecule has 0 amide bonds. The second-order valence-electron chi connectivity index (χ2n) is 5.13. The molecule has 1 saturated carbocycles. The lowest BCUT2D eigenvalue weighted by molar-refractivity contribution is -0.137. The monoisotopic (exact) mass is 258 g/mol. The maximum absolute atomic E-state index is 12.6. The predicted molar refractivity (Wildman–Crippen MR) is 63.0 cm³/mol. The van der Waals surface area contributed by atoms with E-state index < -0.39 is 17.3 Å². The zero-order valence-corrected chi connectivity index (χ0v) is 10.3. The lowest BCUT2D eigenvalue weighted by Gasteiger charge is -2.24. The largest absolute Gasteiger partial charge is 0.416 e. The predicted octanol–water partition coefficient (Wildman–Crippen LogP) is 4.10. The first-order valence-electron chi connectivity index (χ1n) is 6.25. The summed E-state index contributed by atoms with van der Waals surface area (Å²) in [5, 5.41) is 10.5. The molecule has 18 heavy (non-hydrogen) atoms. The summed E-state index contributed by atoms with van der Waals surface area (Å²) >= 11 is 0. The van der Waals surface area contributed by atoms with Crippen LogP contribution in [0.5, 0.6) is 0 Å². The molecule has 1 aliphatic rings. The molecule has 1 N–H and O–H groups in total. The van der Waals surface area contributed by atoms with Crippen LogP contribution >= 0.6 is 0 Å². The molecule has 4 heteroatoms. The van der Waals surface area contributed by atoms with Crippen molar-refractivity contribution in [3.05, 3.63) is 35.4 Å². The average molecular weight is 258 g/mol. The van der Waals surface area contributed by atoms with Crippen LogP contribution in [0.4, 0.5) is 13.2 Å². The second kappa shape index (κ2) is 4.57. The molecule has 0 aromatic heterocycles. The van der Waals surface area contributed by atoms with Crippen LogP contribution in [0.3, 0.4) is 0 Å². The van der Waals surface area contributed by atoms with Gasteiger partial charge in [0.25, 0.3) is 0 Å². The third-order valence-electron chi connectivity index (χ3n) is 3.90. The van der Waals surface area contributed by atoms with Crippen molar-refractivity contribution in [2.24, 2.45) is 5.92 Å². The molecular weight excluding hydrogens is 241 g/mol. The van der Waals surface area contributed by atoms with E-state index in [0.717, 1.165) is 25.0 Å². The molecule has 0 saturated heterocycles. The van der Waals surface area contributed by atoms with E-state index in [1.54, 1.807) is 6.07 Å². The van der Waals surface area contributed by atoms with Crippen molar-refractivity contribution in [3.8, 4) is 0 Å².